The summed E-state index contributed by atoms with van der Waals surface area (Å²) in [5.41, 5.74) is 3.83. The maximum atomic E-state index is 9.52. The first-order chi connectivity index (χ1) is 12.2. The van der Waals surface area contributed by atoms with Gasteiger partial charge in [0.2, 0.25) is 0 Å². The topological polar surface area (TPSA) is 85.6 Å². The molecule has 0 aliphatic carbocycles. The third-order valence-corrected chi connectivity index (χ3v) is 3.62. The molecule has 0 aliphatic heterocycles. The normalized spacial score (nSPS) is 9.33. The number of benzene rings is 2. The molecule has 0 amide bonds. The van der Waals surface area contributed by atoms with Gasteiger partial charge in [-0.25, -0.2) is 0 Å². The fourth-order valence-corrected chi connectivity index (χ4v) is 2.18. The smallest absolute Gasteiger partial charge is 0.283 e. The summed E-state index contributed by atoms with van der Waals surface area (Å²) in [6.45, 7) is 7.13. The zero-order valence-electron chi connectivity index (χ0n) is 16.1. The van der Waals surface area contributed by atoms with Crippen LogP contribution in [0, 0.1) is 13.8 Å². The number of rotatable bonds is 6. The van der Waals surface area contributed by atoms with Crippen molar-refractivity contribution in [3.8, 4) is 0 Å². The van der Waals surface area contributed by atoms with E-state index in [1.165, 1.54) is 0 Å². The molecule has 0 aromatic heterocycles. The van der Waals surface area contributed by atoms with Crippen molar-refractivity contribution in [2.45, 2.75) is 40.5 Å². The Morgan fingerprint density at radius 1 is 0.593 bits per heavy atom. The molecule has 4 N–H and O–H groups in total. The largest absolute Gasteiger partial charge is 0.336 e. The van der Waals surface area contributed by atoms with Crippen molar-refractivity contribution in [1.29, 1.82) is 0 Å². The second-order valence-corrected chi connectivity index (χ2v) is 6.45. The first-order valence-electron chi connectivity index (χ1n) is 8.45. The summed E-state index contributed by atoms with van der Waals surface area (Å²) < 4.78 is 0. The first kappa shape index (κ1) is 24.6. The first-order valence-corrected chi connectivity index (χ1v) is 8.45. The fraction of sp³-hybridized carbons (Fsp3) is 0.273. The zero-order chi connectivity index (χ0) is 19.7. The molecule has 0 spiro atoms. The molecular formula is C22H28CuO4+4. The molecule has 0 aliphatic rings. The molecule has 0 bridgehead atoms. The second-order valence-electron chi connectivity index (χ2n) is 6.45. The van der Waals surface area contributed by atoms with Crippen LogP contribution in [-0.2, 0) is 17.1 Å². The Balaban J connectivity index is 0.000000483. The molecule has 0 saturated heterocycles. The predicted molar refractivity (Wildman–Crippen MR) is 109 cm³/mol. The van der Waals surface area contributed by atoms with Gasteiger partial charge in [-0.3, -0.25) is 19.2 Å². The number of ketones is 4. The van der Waals surface area contributed by atoms with Crippen molar-refractivity contribution in [3.63, 3.8) is 0 Å². The predicted octanol–water partition coefficient (Wildman–Crippen LogP) is 3.68. The van der Waals surface area contributed by atoms with Crippen LogP contribution in [0.25, 0.3) is 0 Å². The van der Waals surface area contributed by atoms with Crippen LogP contribution in [0.2, 0.25) is 0 Å². The summed E-state index contributed by atoms with van der Waals surface area (Å²) in [7, 11) is 0. The van der Waals surface area contributed by atoms with Crippen LogP contribution in [0.1, 0.15) is 48.9 Å². The number of hydrogen-bond donors (Lipinski definition) is 0. The van der Waals surface area contributed by atoms with Crippen molar-refractivity contribution in [2.75, 3.05) is 0 Å². The Morgan fingerprint density at radius 3 is 1.07 bits per heavy atom. The van der Waals surface area contributed by atoms with Gasteiger partial charge in [-0.1, -0.05) is 35.4 Å². The molecule has 0 saturated carbocycles. The molecular weight excluding hydrogens is 392 g/mol. The Morgan fingerprint density at radius 2 is 0.852 bits per heavy atom. The number of carbonyl (C=O) groups excluding carboxylic acids is 4. The van der Waals surface area contributed by atoms with Gasteiger partial charge in [-0.2, -0.15) is 0 Å². The van der Waals surface area contributed by atoms with Crippen molar-refractivity contribution in [2.24, 2.45) is 0 Å². The summed E-state index contributed by atoms with van der Waals surface area (Å²) in [5, 5.41) is 0. The van der Waals surface area contributed by atoms with Gasteiger partial charge in [0, 0.05) is 30.9 Å². The van der Waals surface area contributed by atoms with E-state index in [0.29, 0.717) is 0 Å². The van der Waals surface area contributed by atoms with Crippen LogP contribution in [0.15, 0.2) is 48.5 Å². The summed E-state index contributed by atoms with van der Waals surface area (Å²) in [6, 6.07) is 15.1. The minimum atomic E-state index is 0. The number of hydrogen-bond acceptors (Lipinski definition) is 0. The average molecular weight is 420 g/mol. The van der Waals surface area contributed by atoms with E-state index in [-0.39, 0.29) is 53.0 Å². The van der Waals surface area contributed by atoms with Crippen LogP contribution in [0.3, 0.4) is 0 Å². The molecule has 147 valence electrons. The van der Waals surface area contributed by atoms with E-state index in [1.807, 2.05) is 62.4 Å². The van der Waals surface area contributed by atoms with Crippen molar-refractivity contribution >= 4 is 23.1 Å². The number of aryl methyl sites for hydroxylation is 2. The van der Waals surface area contributed by atoms with Crippen molar-refractivity contribution in [3.05, 3.63) is 70.8 Å². The Labute approximate surface area is 170 Å². The molecule has 1 radical (unpaired) electrons. The van der Waals surface area contributed by atoms with E-state index in [1.54, 1.807) is 13.8 Å². The van der Waals surface area contributed by atoms with E-state index in [9.17, 15) is 9.59 Å². The van der Waals surface area contributed by atoms with Gasteiger partial charge >= 0.3 is 23.1 Å². The van der Waals surface area contributed by atoms with Gasteiger partial charge in [0.15, 0.2) is 12.8 Å². The Hall–Kier alpha value is -2.36. The minimum Gasteiger partial charge on any atom is -0.283 e. The van der Waals surface area contributed by atoms with Gasteiger partial charge in [-0.15, -0.1) is 0 Å². The Kier molecular flexibility index (Phi) is 11.0. The maximum Gasteiger partial charge on any atom is 0.336 e. The van der Waals surface area contributed by atoms with Crippen LogP contribution in [0.5, 0.6) is 0 Å². The molecule has 2 rings (SSSR count). The van der Waals surface area contributed by atoms with Crippen molar-refractivity contribution in [1.82, 2.24) is 0 Å². The molecule has 4 nitrogen and oxygen atoms in total. The van der Waals surface area contributed by atoms with Gasteiger partial charge in [-0.05, 0) is 38.1 Å². The van der Waals surface area contributed by atoms with Crippen LogP contribution in [0.4, 0.5) is 0 Å². The SMILES string of the molecule is CC(=[OH+])CC(=[OH+])c1ccc(C)cc1.CC(=[OH+])CC(=[OH+])c1ccc(C)cc1.[Cu]. The summed E-state index contributed by atoms with van der Waals surface area (Å²) >= 11 is 0. The van der Waals surface area contributed by atoms with Crippen LogP contribution in [-0.4, -0.2) is 42.3 Å². The quantitative estimate of drug-likeness (QED) is 0.296. The third-order valence-electron chi connectivity index (χ3n) is 3.62. The standard InChI is InChI=1S/2C11H12O2.Cu/c2*1-8-3-5-10(6-4-8)11(13)7-9(2)12;/h2*3-6H,7H2,1-2H3;/p+4. The molecule has 0 heterocycles. The van der Waals surface area contributed by atoms with Gasteiger partial charge in [0.05, 0.1) is 11.1 Å². The molecule has 2 aromatic rings. The molecule has 27 heavy (non-hydrogen) atoms. The van der Waals surface area contributed by atoms with E-state index < -0.39 is 0 Å². The molecule has 0 unspecified atom stereocenters. The van der Waals surface area contributed by atoms with E-state index in [0.717, 1.165) is 22.3 Å². The fourth-order valence-electron chi connectivity index (χ4n) is 2.18. The second kappa shape index (κ2) is 12.1. The molecule has 0 fully saturated rings. The van der Waals surface area contributed by atoms with Gasteiger partial charge in [0.1, 0.15) is 0 Å². The monoisotopic (exact) mass is 419 g/mol. The van der Waals surface area contributed by atoms with Crippen LogP contribution < -0.4 is 0 Å². The average Bonchev–Trinajstić information content (AvgIpc) is 2.55. The summed E-state index contributed by atoms with van der Waals surface area (Å²) in [6.07, 6.45) is 0.451. The summed E-state index contributed by atoms with van der Waals surface area (Å²) in [4.78, 5) is 37.0. The van der Waals surface area contributed by atoms with E-state index >= 15 is 0 Å². The molecule has 5 heteroatoms. The Bertz CT molecular complexity index is 721. The van der Waals surface area contributed by atoms with Gasteiger partial charge < -0.3 is 0 Å². The van der Waals surface area contributed by atoms with E-state index in [4.69, 9.17) is 9.59 Å². The minimum absolute atomic E-state index is 0. The van der Waals surface area contributed by atoms with Crippen molar-refractivity contribution < 1.29 is 36.2 Å². The van der Waals surface area contributed by atoms with Crippen LogP contribution >= 0.6 is 0 Å². The zero-order valence-corrected chi connectivity index (χ0v) is 17.1. The third kappa shape index (κ3) is 9.78. The molecule has 2 aromatic carbocycles. The summed E-state index contributed by atoms with van der Waals surface area (Å²) in [5.74, 6) is 0.858. The van der Waals surface area contributed by atoms with Gasteiger partial charge in [0.25, 0.3) is 0 Å². The van der Waals surface area contributed by atoms with E-state index in [2.05, 4.69) is 0 Å². The maximum absolute atomic E-state index is 9.52. The molecule has 0 atom stereocenters.